The highest BCUT2D eigenvalue weighted by molar-refractivity contribution is 8.00. The number of amides is 1. The van der Waals surface area contributed by atoms with E-state index in [1.54, 1.807) is 31.4 Å². The van der Waals surface area contributed by atoms with E-state index in [0.717, 1.165) is 10.6 Å². The predicted octanol–water partition coefficient (Wildman–Crippen LogP) is 3.30. The Balaban J connectivity index is 1.94. The van der Waals surface area contributed by atoms with E-state index in [0.29, 0.717) is 11.3 Å². The van der Waals surface area contributed by atoms with E-state index in [1.807, 2.05) is 30.3 Å². The number of ether oxygens (including phenoxy) is 1. The molecule has 0 aromatic heterocycles. The number of carbonyl (C=O) groups is 1. The second-order valence-corrected chi connectivity index (χ2v) is 5.20. The molecule has 0 bridgehead atoms. The standard InChI is InChI=1S/C16H14N2O2S/c1-20-14-7-2-3-8-15(14)21-11-16(19)18-13-6-4-5-12(9-13)10-17/h2-9H,11H2,1H3,(H,18,19). The fourth-order valence-corrected chi connectivity index (χ4v) is 2.57. The van der Waals surface area contributed by atoms with Crippen LogP contribution in [-0.4, -0.2) is 18.8 Å². The molecule has 106 valence electrons. The third-order valence-electron chi connectivity index (χ3n) is 2.70. The number of nitrogens with one attached hydrogen (secondary N) is 1. The highest BCUT2D eigenvalue weighted by Gasteiger charge is 2.07. The number of carbonyl (C=O) groups excluding carboxylic acids is 1. The highest BCUT2D eigenvalue weighted by Crippen LogP contribution is 2.28. The fraction of sp³-hybridized carbons (Fsp3) is 0.125. The maximum Gasteiger partial charge on any atom is 0.234 e. The molecule has 0 spiro atoms. The number of methoxy groups -OCH3 is 1. The Kier molecular flexibility index (Phi) is 5.24. The van der Waals surface area contributed by atoms with Gasteiger partial charge >= 0.3 is 0 Å². The number of anilines is 1. The van der Waals surface area contributed by atoms with Gasteiger partial charge in [0.15, 0.2) is 0 Å². The molecule has 0 aliphatic heterocycles. The molecule has 0 atom stereocenters. The molecule has 2 aromatic rings. The lowest BCUT2D eigenvalue weighted by Crippen LogP contribution is -2.14. The lowest BCUT2D eigenvalue weighted by Gasteiger charge is -2.08. The van der Waals surface area contributed by atoms with Gasteiger partial charge in [-0.3, -0.25) is 4.79 Å². The molecule has 21 heavy (non-hydrogen) atoms. The summed E-state index contributed by atoms with van der Waals surface area (Å²) in [6.07, 6.45) is 0. The minimum absolute atomic E-state index is 0.124. The highest BCUT2D eigenvalue weighted by atomic mass is 32.2. The first kappa shape index (κ1) is 14.9. The van der Waals surface area contributed by atoms with Crippen molar-refractivity contribution in [1.82, 2.24) is 0 Å². The number of benzene rings is 2. The lowest BCUT2D eigenvalue weighted by molar-refractivity contribution is -0.113. The van der Waals surface area contributed by atoms with Gasteiger partial charge in [-0.05, 0) is 30.3 Å². The van der Waals surface area contributed by atoms with Crippen molar-refractivity contribution in [3.8, 4) is 11.8 Å². The smallest absolute Gasteiger partial charge is 0.234 e. The molecular formula is C16H14N2O2S. The lowest BCUT2D eigenvalue weighted by atomic mass is 10.2. The summed E-state index contributed by atoms with van der Waals surface area (Å²) in [5, 5.41) is 11.6. The van der Waals surface area contributed by atoms with E-state index in [4.69, 9.17) is 10.00 Å². The monoisotopic (exact) mass is 298 g/mol. The average molecular weight is 298 g/mol. The summed E-state index contributed by atoms with van der Waals surface area (Å²) in [6, 6.07) is 16.4. The Morgan fingerprint density at radius 2 is 2.10 bits per heavy atom. The van der Waals surface area contributed by atoms with Crippen molar-refractivity contribution in [2.45, 2.75) is 4.90 Å². The number of rotatable bonds is 5. The van der Waals surface area contributed by atoms with Gasteiger partial charge in [-0.2, -0.15) is 5.26 Å². The summed E-state index contributed by atoms with van der Waals surface area (Å²) < 4.78 is 5.24. The number of para-hydroxylation sites is 1. The summed E-state index contributed by atoms with van der Waals surface area (Å²) in [4.78, 5) is 12.8. The predicted molar refractivity (Wildman–Crippen MR) is 83.5 cm³/mol. The Morgan fingerprint density at radius 1 is 1.29 bits per heavy atom. The van der Waals surface area contributed by atoms with E-state index in [-0.39, 0.29) is 11.7 Å². The molecule has 5 heteroatoms. The molecule has 2 aromatic carbocycles. The maximum atomic E-state index is 11.9. The molecule has 2 rings (SSSR count). The molecule has 0 saturated heterocycles. The Morgan fingerprint density at radius 3 is 2.86 bits per heavy atom. The van der Waals surface area contributed by atoms with Gasteiger partial charge in [-0.15, -0.1) is 11.8 Å². The minimum Gasteiger partial charge on any atom is -0.496 e. The largest absolute Gasteiger partial charge is 0.496 e. The molecule has 1 N–H and O–H groups in total. The Labute approximate surface area is 127 Å². The first-order valence-electron chi connectivity index (χ1n) is 6.29. The van der Waals surface area contributed by atoms with Crippen LogP contribution in [0.3, 0.4) is 0 Å². The van der Waals surface area contributed by atoms with Gasteiger partial charge in [0, 0.05) is 10.6 Å². The Hall–Kier alpha value is -2.45. The van der Waals surface area contributed by atoms with E-state index in [1.165, 1.54) is 11.8 Å². The van der Waals surface area contributed by atoms with Crippen molar-refractivity contribution in [3.05, 3.63) is 54.1 Å². The van der Waals surface area contributed by atoms with Gasteiger partial charge < -0.3 is 10.1 Å². The van der Waals surface area contributed by atoms with Crippen LogP contribution in [0.15, 0.2) is 53.4 Å². The van der Waals surface area contributed by atoms with Crippen LogP contribution in [0, 0.1) is 11.3 Å². The maximum absolute atomic E-state index is 11.9. The first-order chi connectivity index (χ1) is 10.2. The van der Waals surface area contributed by atoms with Crippen molar-refractivity contribution in [3.63, 3.8) is 0 Å². The van der Waals surface area contributed by atoms with Crippen LogP contribution in [-0.2, 0) is 4.79 Å². The van der Waals surface area contributed by atoms with Gasteiger partial charge in [0.2, 0.25) is 5.91 Å². The van der Waals surface area contributed by atoms with Crippen molar-refractivity contribution >= 4 is 23.4 Å². The molecule has 0 aliphatic carbocycles. The first-order valence-corrected chi connectivity index (χ1v) is 7.27. The van der Waals surface area contributed by atoms with Crippen LogP contribution in [0.4, 0.5) is 5.69 Å². The molecule has 0 aliphatic rings. The van der Waals surface area contributed by atoms with Crippen molar-refractivity contribution in [1.29, 1.82) is 5.26 Å². The van der Waals surface area contributed by atoms with Crippen LogP contribution < -0.4 is 10.1 Å². The summed E-state index contributed by atoms with van der Waals surface area (Å²) in [6.45, 7) is 0. The van der Waals surface area contributed by atoms with Crippen LogP contribution in [0.1, 0.15) is 5.56 Å². The Bertz CT molecular complexity index is 680. The van der Waals surface area contributed by atoms with Gasteiger partial charge in [-0.25, -0.2) is 0 Å². The van der Waals surface area contributed by atoms with Crippen LogP contribution >= 0.6 is 11.8 Å². The molecular weight excluding hydrogens is 284 g/mol. The van der Waals surface area contributed by atoms with Gasteiger partial charge in [0.05, 0.1) is 24.5 Å². The number of hydrogen-bond donors (Lipinski definition) is 1. The average Bonchev–Trinajstić information content (AvgIpc) is 2.53. The van der Waals surface area contributed by atoms with Gasteiger partial charge in [0.1, 0.15) is 5.75 Å². The van der Waals surface area contributed by atoms with Crippen molar-refractivity contribution < 1.29 is 9.53 Å². The third kappa shape index (κ3) is 4.26. The van der Waals surface area contributed by atoms with E-state index in [9.17, 15) is 4.79 Å². The summed E-state index contributed by atoms with van der Waals surface area (Å²) in [5.41, 5.74) is 1.14. The van der Waals surface area contributed by atoms with E-state index < -0.39 is 0 Å². The van der Waals surface area contributed by atoms with E-state index in [2.05, 4.69) is 5.32 Å². The molecule has 4 nitrogen and oxygen atoms in total. The summed E-state index contributed by atoms with van der Waals surface area (Å²) in [5.74, 6) is 0.903. The van der Waals surface area contributed by atoms with Crippen molar-refractivity contribution in [2.75, 3.05) is 18.2 Å². The molecule has 0 saturated carbocycles. The van der Waals surface area contributed by atoms with Crippen LogP contribution in [0.25, 0.3) is 0 Å². The molecule has 1 amide bonds. The van der Waals surface area contributed by atoms with Gasteiger partial charge in [0.25, 0.3) is 0 Å². The normalized spacial score (nSPS) is 9.71. The summed E-state index contributed by atoms with van der Waals surface area (Å²) in [7, 11) is 1.60. The number of thioether (sulfide) groups is 1. The topological polar surface area (TPSA) is 62.1 Å². The zero-order chi connectivity index (χ0) is 15.1. The van der Waals surface area contributed by atoms with Gasteiger partial charge in [-0.1, -0.05) is 18.2 Å². The summed E-state index contributed by atoms with van der Waals surface area (Å²) >= 11 is 1.41. The van der Waals surface area contributed by atoms with Crippen molar-refractivity contribution in [2.24, 2.45) is 0 Å². The fourth-order valence-electron chi connectivity index (χ4n) is 1.74. The molecule has 0 unspecified atom stereocenters. The van der Waals surface area contributed by atoms with E-state index >= 15 is 0 Å². The quantitative estimate of drug-likeness (QED) is 0.860. The SMILES string of the molecule is COc1ccccc1SCC(=O)Nc1cccc(C#N)c1. The zero-order valence-corrected chi connectivity index (χ0v) is 12.3. The molecule has 0 radical (unpaired) electrons. The molecule has 0 heterocycles. The third-order valence-corrected chi connectivity index (χ3v) is 3.76. The minimum atomic E-state index is -0.124. The number of nitriles is 1. The van der Waals surface area contributed by atoms with Crippen LogP contribution in [0.5, 0.6) is 5.75 Å². The second kappa shape index (κ2) is 7.36. The van der Waals surface area contributed by atoms with Crippen LogP contribution in [0.2, 0.25) is 0 Å². The molecule has 0 fully saturated rings. The second-order valence-electron chi connectivity index (χ2n) is 4.18. The zero-order valence-electron chi connectivity index (χ0n) is 11.5. The number of hydrogen-bond acceptors (Lipinski definition) is 4. The number of nitrogens with zero attached hydrogens (tertiary/aromatic N) is 1.